The van der Waals surface area contributed by atoms with Crippen molar-refractivity contribution in [1.82, 2.24) is 14.9 Å². The smallest absolute Gasteiger partial charge is 0.227 e. The zero-order chi connectivity index (χ0) is 28.5. The average molecular weight is 537 g/mol. The normalized spacial score (nSPS) is 10.8. The number of ketones is 1. The maximum atomic E-state index is 13.3. The minimum atomic E-state index is -0.332. The van der Waals surface area contributed by atoms with E-state index in [0.717, 1.165) is 18.8 Å². The lowest BCUT2D eigenvalue weighted by Crippen LogP contribution is -2.29. The van der Waals surface area contributed by atoms with Gasteiger partial charge in [0, 0.05) is 38.5 Å². The predicted molar refractivity (Wildman–Crippen MR) is 152 cm³/mol. The number of rotatable bonds is 14. The van der Waals surface area contributed by atoms with Crippen LogP contribution in [0.3, 0.4) is 0 Å². The number of nitrogens with zero attached hydrogens (tertiary/aromatic N) is 4. The van der Waals surface area contributed by atoms with E-state index in [2.05, 4.69) is 25.5 Å². The van der Waals surface area contributed by atoms with Crippen LogP contribution in [-0.2, 0) is 4.79 Å². The maximum Gasteiger partial charge on any atom is 0.227 e. The standard InChI is InChI=1S/C28H36N6O5/c1-18(2)39-19-8-9-20(25(14-19)37-6)27(36)21-10-11-29-28(31-21)32-23-15-22(30-17-35)24(16-26(23)38-7)34(5)13-12-33(3)4/h8-11,14-18H,12-13H2,1-7H3,(H,30,35)(H,29,31,32). The quantitative estimate of drug-likeness (QED) is 0.232. The molecule has 1 amide bonds. The van der Waals surface area contributed by atoms with Gasteiger partial charge in [-0.2, -0.15) is 0 Å². The number of benzene rings is 2. The largest absolute Gasteiger partial charge is 0.496 e. The molecule has 0 radical (unpaired) electrons. The molecule has 11 heteroatoms. The Morgan fingerprint density at radius 3 is 2.38 bits per heavy atom. The first kappa shape index (κ1) is 29.2. The van der Waals surface area contributed by atoms with Gasteiger partial charge in [0.05, 0.1) is 42.9 Å². The first-order valence-electron chi connectivity index (χ1n) is 12.4. The number of likely N-dealkylation sites (N-methyl/N-ethyl adjacent to an activating group) is 2. The summed E-state index contributed by atoms with van der Waals surface area (Å²) in [5.41, 5.74) is 2.40. The van der Waals surface area contributed by atoms with Crippen molar-refractivity contribution in [2.24, 2.45) is 0 Å². The van der Waals surface area contributed by atoms with Crippen LogP contribution in [0.15, 0.2) is 42.6 Å². The van der Waals surface area contributed by atoms with E-state index >= 15 is 0 Å². The summed E-state index contributed by atoms with van der Waals surface area (Å²) >= 11 is 0. The fourth-order valence-corrected chi connectivity index (χ4v) is 3.81. The van der Waals surface area contributed by atoms with E-state index in [4.69, 9.17) is 14.2 Å². The third-order valence-electron chi connectivity index (χ3n) is 5.75. The molecular weight excluding hydrogens is 500 g/mol. The molecule has 0 aliphatic rings. The van der Waals surface area contributed by atoms with Crippen molar-refractivity contribution in [3.63, 3.8) is 0 Å². The van der Waals surface area contributed by atoms with Crippen LogP contribution in [0, 0.1) is 0 Å². The van der Waals surface area contributed by atoms with E-state index in [-0.39, 0.29) is 23.5 Å². The minimum Gasteiger partial charge on any atom is -0.496 e. The molecule has 2 aromatic carbocycles. The van der Waals surface area contributed by atoms with Gasteiger partial charge in [-0.1, -0.05) is 0 Å². The molecular formula is C28H36N6O5. The molecule has 0 fully saturated rings. The number of hydrogen-bond acceptors (Lipinski definition) is 10. The molecule has 3 aromatic rings. The van der Waals surface area contributed by atoms with Gasteiger partial charge >= 0.3 is 0 Å². The molecule has 0 spiro atoms. The summed E-state index contributed by atoms with van der Waals surface area (Å²) < 4.78 is 16.8. The molecule has 0 saturated heterocycles. The van der Waals surface area contributed by atoms with Gasteiger partial charge in [0.25, 0.3) is 0 Å². The Kier molecular flexibility index (Phi) is 10.0. The SMILES string of the molecule is COc1cc(N(C)CCN(C)C)c(NC=O)cc1Nc1nccc(C(=O)c2ccc(OC(C)C)cc2OC)n1. The van der Waals surface area contributed by atoms with Gasteiger partial charge in [0.2, 0.25) is 18.1 Å². The van der Waals surface area contributed by atoms with Gasteiger partial charge in [0.1, 0.15) is 22.9 Å². The van der Waals surface area contributed by atoms with Gasteiger partial charge in [-0.3, -0.25) is 9.59 Å². The molecule has 0 aliphatic heterocycles. The first-order chi connectivity index (χ1) is 18.7. The van der Waals surface area contributed by atoms with Crippen LogP contribution >= 0.6 is 0 Å². The molecule has 0 bridgehead atoms. The van der Waals surface area contributed by atoms with Crippen molar-refractivity contribution >= 4 is 35.2 Å². The summed E-state index contributed by atoms with van der Waals surface area (Å²) in [4.78, 5) is 37.5. The van der Waals surface area contributed by atoms with Gasteiger partial charge in [0.15, 0.2) is 0 Å². The third-order valence-corrected chi connectivity index (χ3v) is 5.75. The summed E-state index contributed by atoms with van der Waals surface area (Å²) in [5.74, 6) is 1.35. The number of nitrogens with one attached hydrogen (secondary N) is 2. The molecule has 0 unspecified atom stereocenters. The number of carbonyl (C=O) groups is 2. The average Bonchev–Trinajstić information content (AvgIpc) is 2.91. The highest BCUT2D eigenvalue weighted by Gasteiger charge is 2.19. The highest BCUT2D eigenvalue weighted by atomic mass is 16.5. The van der Waals surface area contributed by atoms with Crippen molar-refractivity contribution in [2.45, 2.75) is 20.0 Å². The van der Waals surface area contributed by atoms with Crippen LogP contribution in [-0.4, -0.2) is 81.6 Å². The van der Waals surface area contributed by atoms with Crippen molar-refractivity contribution < 1.29 is 23.8 Å². The Morgan fingerprint density at radius 1 is 1.00 bits per heavy atom. The van der Waals surface area contributed by atoms with E-state index < -0.39 is 0 Å². The zero-order valence-corrected chi connectivity index (χ0v) is 23.4. The fraction of sp³-hybridized carbons (Fsp3) is 0.357. The molecule has 1 heterocycles. The van der Waals surface area contributed by atoms with E-state index in [0.29, 0.717) is 40.6 Å². The Labute approximate surface area is 229 Å². The van der Waals surface area contributed by atoms with E-state index in [1.54, 1.807) is 31.4 Å². The Balaban J connectivity index is 1.91. The number of amides is 1. The van der Waals surface area contributed by atoms with Crippen molar-refractivity contribution in [3.05, 3.63) is 53.9 Å². The lowest BCUT2D eigenvalue weighted by molar-refractivity contribution is -0.105. The van der Waals surface area contributed by atoms with Crippen molar-refractivity contribution in [3.8, 4) is 17.2 Å². The second kappa shape index (κ2) is 13.4. The Hall–Kier alpha value is -4.38. The van der Waals surface area contributed by atoms with E-state index in [1.165, 1.54) is 19.4 Å². The topological polar surface area (TPSA) is 118 Å². The molecule has 39 heavy (non-hydrogen) atoms. The van der Waals surface area contributed by atoms with Gasteiger partial charge in [-0.25, -0.2) is 9.97 Å². The number of carbonyl (C=O) groups excluding carboxylic acids is 2. The Bertz CT molecular complexity index is 1300. The zero-order valence-electron chi connectivity index (χ0n) is 23.4. The van der Waals surface area contributed by atoms with Gasteiger partial charge < -0.3 is 34.6 Å². The van der Waals surface area contributed by atoms with Crippen LogP contribution < -0.4 is 29.7 Å². The maximum absolute atomic E-state index is 13.3. The summed E-state index contributed by atoms with van der Waals surface area (Å²) in [6.45, 7) is 5.40. The highest BCUT2D eigenvalue weighted by Crippen LogP contribution is 2.37. The van der Waals surface area contributed by atoms with Crippen LogP contribution in [0.25, 0.3) is 0 Å². The second-order valence-electron chi connectivity index (χ2n) is 9.30. The van der Waals surface area contributed by atoms with Crippen molar-refractivity contribution in [2.75, 3.05) is 64.0 Å². The number of ether oxygens (including phenoxy) is 3. The summed E-state index contributed by atoms with van der Waals surface area (Å²) in [5, 5.41) is 5.86. The minimum absolute atomic E-state index is 0.0153. The predicted octanol–water partition coefficient (Wildman–Crippen LogP) is 3.82. The van der Waals surface area contributed by atoms with E-state index in [9.17, 15) is 9.59 Å². The number of hydrogen-bond donors (Lipinski definition) is 2. The monoisotopic (exact) mass is 536 g/mol. The first-order valence-corrected chi connectivity index (χ1v) is 12.4. The molecule has 1 aromatic heterocycles. The molecule has 208 valence electrons. The number of aromatic nitrogens is 2. The van der Waals surface area contributed by atoms with Crippen LogP contribution in [0.5, 0.6) is 17.2 Å². The van der Waals surface area contributed by atoms with Crippen LogP contribution in [0.4, 0.5) is 23.0 Å². The lowest BCUT2D eigenvalue weighted by atomic mass is 10.1. The second-order valence-corrected chi connectivity index (χ2v) is 9.30. The molecule has 11 nitrogen and oxygen atoms in total. The molecule has 0 saturated carbocycles. The van der Waals surface area contributed by atoms with Crippen LogP contribution in [0.2, 0.25) is 0 Å². The molecule has 2 N–H and O–H groups in total. The fourth-order valence-electron chi connectivity index (χ4n) is 3.81. The molecule has 3 rings (SSSR count). The van der Waals surface area contributed by atoms with Gasteiger partial charge in [-0.05, 0) is 52.2 Å². The molecule has 0 atom stereocenters. The van der Waals surface area contributed by atoms with Crippen molar-refractivity contribution in [1.29, 1.82) is 0 Å². The van der Waals surface area contributed by atoms with Crippen LogP contribution in [0.1, 0.15) is 29.9 Å². The summed E-state index contributed by atoms with van der Waals surface area (Å²) in [7, 11) is 8.98. The lowest BCUT2D eigenvalue weighted by Gasteiger charge is -2.25. The Morgan fingerprint density at radius 2 is 1.74 bits per heavy atom. The molecule has 0 aliphatic carbocycles. The highest BCUT2D eigenvalue weighted by molar-refractivity contribution is 6.09. The summed E-state index contributed by atoms with van der Waals surface area (Å²) in [6, 6.07) is 10.1. The number of methoxy groups -OCH3 is 2. The third kappa shape index (κ3) is 7.57. The summed E-state index contributed by atoms with van der Waals surface area (Å²) in [6.07, 6.45) is 2.10. The van der Waals surface area contributed by atoms with Gasteiger partial charge in [-0.15, -0.1) is 0 Å². The van der Waals surface area contributed by atoms with E-state index in [1.807, 2.05) is 46.0 Å². The number of anilines is 4.